The molecule has 0 unspecified atom stereocenters. The van der Waals surface area contributed by atoms with Crippen LogP contribution in [-0.2, 0) is 4.74 Å². The number of morpholine rings is 1. The van der Waals surface area contributed by atoms with Gasteiger partial charge in [-0.05, 0) is 36.2 Å². The van der Waals surface area contributed by atoms with Crippen LogP contribution in [0.15, 0.2) is 35.7 Å². The summed E-state index contributed by atoms with van der Waals surface area (Å²) in [5.74, 6) is 0.285. The van der Waals surface area contributed by atoms with E-state index >= 15 is 0 Å². The molecule has 1 aliphatic rings. The number of hydrogen-bond acceptors (Lipinski definition) is 4. The van der Waals surface area contributed by atoms with Gasteiger partial charge in [-0.15, -0.1) is 11.3 Å². The summed E-state index contributed by atoms with van der Waals surface area (Å²) in [7, 11) is 0. The summed E-state index contributed by atoms with van der Waals surface area (Å²) in [6.45, 7) is 6.62. The average molecular weight is 358 g/mol. The zero-order valence-electron chi connectivity index (χ0n) is 14.5. The van der Waals surface area contributed by atoms with Crippen LogP contribution in [0.3, 0.4) is 0 Å². The van der Waals surface area contributed by atoms with Crippen LogP contribution >= 0.6 is 11.3 Å². The highest BCUT2D eigenvalue weighted by atomic mass is 32.1. The summed E-state index contributed by atoms with van der Waals surface area (Å²) in [5, 5.41) is 4.75. The molecule has 0 bridgehead atoms. The van der Waals surface area contributed by atoms with Crippen LogP contribution in [0.2, 0.25) is 0 Å². The SMILES string of the molecule is CC(C)c1cc(C(=O)Nc2ccc(C(=O)N3CCOCC3)cc2)cs1. The highest BCUT2D eigenvalue weighted by molar-refractivity contribution is 7.10. The van der Waals surface area contributed by atoms with Crippen molar-refractivity contribution < 1.29 is 14.3 Å². The predicted molar refractivity (Wildman–Crippen MR) is 99.5 cm³/mol. The van der Waals surface area contributed by atoms with Gasteiger partial charge in [0, 0.05) is 34.6 Å². The molecule has 1 aliphatic heterocycles. The summed E-state index contributed by atoms with van der Waals surface area (Å²) in [6.07, 6.45) is 0. The normalized spacial score (nSPS) is 14.6. The third kappa shape index (κ3) is 4.27. The molecule has 132 valence electrons. The maximum absolute atomic E-state index is 12.4. The number of hydrogen-bond donors (Lipinski definition) is 1. The minimum atomic E-state index is -0.129. The number of ether oxygens (including phenoxy) is 1. The number of amides is 2. The average Bonchev–Trinajstić information content (AvgIpc) is 3.13. The number of thiophene rings is 1. The fourth-order valence-electron chi connectivity index (χ4n) is 2.62. The van der Waals surface area contributed by atoms with Gasteiger partial charge >= 0.3 is 0 Å². The van der Waals surface area contributed by atoms with Crippen LogP contribution in [0.1, 0.15) is 45.4 Å². The monoisotopic (exact) mass is 358 g/mol. The van der Waals surface area contributed by atoms with E-state index < -0.39 is 0 Å². The van der Waals surface area contributed by atoms with Gasteiger partial charge in [0.2, 0.25) is 0 Å². The van der Waals surface area contributed by atoms with Gasteiger partial charge < -0.3 is 15.0 Å². The third-order valence-corrected chi connectivity index (χ3v) is 5.37. The maximum atomic E-state index is 12.4. The Morgan fingerprint density at radius 1 is 1.12 bits per heavy atom. The van der Waals surface area contributed by atoms with Crippen molar-refractivity contribution in [2.75, 3.05) is 31.6 Å². The molecule has 25 heavy (non-hydrogen) atoms. The first-order chi connectivity index (χ1) is 12.0. The van der Waals surface area contributed by atoms with Crippen molar-refractivity contribution in [2.45, 2.75) is 19.8 Å². The van der Waals surface area contributed by atoms with Crippen LogP contribution in [0.5, 0.6) is 0 Å². The molecule has 0 saturated carbocycles. The topological polar surface area (TPSA) is 58.6 Å². The van der Waals surface area contributed by atoms with Crippen LogP contribution in [0.25, 0.3) is 0 Å². The predicted octanol–water partition coefficient (Wildman–Crippen LogP) is 3.60. The molecular formula is C19H22N2O3S. The second-order valence-corrected chi connectivity index (χ2v) is 7.27. The number of nitrogens with one attached hydrogen (secondary N) is 1. The summed E-state index contributed by atoms with van der Waals surface area (Å²) in [5.41, 5.74) is 1.97. The molecule has 6 heteroatoms. The molecule has 1 aromatic heterocycles. The van der Waals surface area contributed by atoms with E-state index in [2.05, 4.69) is 19.2 Å². The van der Waals surface area contributed by atoms with Gasteiger partial charge in [-0.25, -0.2) is 0 Å². The van der Waals surface area contributed by atoms with Gasteiger partial charge in [0.05, 0.1) is 18.8 Å². The first-order valence-electron chi connectivity index (χ1n) is 8.41. The highest BCUT2D eigenvalue weighted by Crippen LogP contribution is 2.24. The number of carbonyl (C=O) groups excluding carboxylic acids is 2. The Bertz CT molecular complexity index is 746. The molecule has 0 aliphatic carbocycles. The van der Waals surface area contributed by atoms with Crippen LogP contribution in [0, 0.1) is 0 Å². The molecule has 1 N–H and O–H groups in total. The van der Waals surface area contributed by atoms with E-state index in [1.54, 1.807) is 40.5 Å². The Balaban J connectivity index is 1.63. The molecule has 2 amide bonds. The fourth-order valence-corrected chi connectivity index (χ4v) is 3.53. The summed E-state index contributed by atoms with van der Waals surface area (Å²) in [6, 6.07) is 8.96. The third-order valence-electron chi connectivity index (χ3n) is 4.14. The van der Waals surface area contributed by atoms with Crippen molar-refractivity contribution in [3.63, 3.8) is 0 Å². The Hall–Kier alpha value is -2.18. The molecule has 2 heterocycles. The minimum absolute atomic E-state index is 0.000543. The van der Waals surface area contributed by atoms with Gasteiger partial charge in [-0.1, -0.05) is 13.8 Å². The lowest BCUT2D eigenvalue weighted by atomic mass is 10.1. The van der Waals surface area contributed by atoms with Crippen LogP contribution in [0.4, 0.5) is 5.69 Å². The van der Waals surface area contributed by atoms with E-state index in [9.17, 15) is 9.59 Å². The van der Waals surface area contributed by atoms with Crippen LogP contribution < -0.4 is 5.32 Å². The second-order valence-electron chi connectivity index (χ2n) is 6.33. The van der Waals surface area contributed by atoms with Crippen molar-refractivity contribution in [1.29, 1.82) is 0 Å². The molecule has 0 atom stereocenters. The van der Waals surface area contributed by atoms with Crippen molar-refractivity contribution in [1.82, 2.24) is 4.90 Å². The van der Waals surface area contributed by atoms with Crippen molar-refractivity contribution in [3.8, 4) is 0 Å². The molecule has 0 radical (unpaired) electrons. The zero-order chi connectivity index (χ0) is 17.8. The molecule has 0 spiro atoms. The quantitative estimate of drug-likeness (QED) is 0.908. The van der Waals surface area contributed by atoms with Gasteiger partial charge in [0.15, 0.2) is 0 Å². The standard InChI is InChI=1S/C19H22N2O3S/c1-13(2)17-11-15(12-25-17)18(22)20-16-5-3-14(4-6-16)19(23)21-7-9-24-10-8-21/h3-6,11-13H,7-10H2,1-2H3,(H,20,22). The maximum Gasteiger partial charge on any atom is 0.256 e. The fraction of sp³-hybridized carbons (Fsp3) is 0.368. The largest absolute Gasteiger partial charge is 0.378 e. The van der Waals surface area contributed by atoms with Crippen LogP contribution in [-0.4, -0.2) is 43.0 Å². The minimum Gasteiger partial charge on any atom is -0.378 e. The number of carbonyl (C=O) groups is 2. The summed E-state index contributed by atoms with van der Waals surface area (Å²) >= 11 is 1.60. The lowest BCUT2D eigenvalue weighted by Crippen LogP contribution is -2.40. The van der Waals surface area contributed by atoms with Gasteiger partial charge in [-0.2, -0.15) is 0 Å². The first kappa shape index (κ1) is 17.6. The number of nitrogens with zero attached hydrogens (tertiary/aromatic N) is 1. The van der Waals surface area contributed by atoms with E-state index in [-0.39, 0.29) is 11.8 Å². The Labute approximate surface area is 151 Å². The van der Waals surface area contributed by atoms with E-state index in [1.807, 2.05) is 11.4 Å². The molecular weight excluding hydrogens is 336 g/mol. The van der Waals surface area contributed by atoms with Crippen molar-refractivity contribution in [3.05, 3.63) is 51.7 Å². The van der Waals surface area contributed by atoms with E-state index in [4.69, 9.17) is 4.74 Å². The van der Waals surface area contributed by atoms with Crippen molar-refractivity contribution in [2.24, 2.45) is 0 Å². The molecule has 1 fully saturated rings. The number of benzene rings is 1. The summed E-state index contributed by atoms with van der Waals surface area (Å²) < 4.78 is 5.27. The van der Waals surface area contributed by atoms with Gasteiger partial charge in [-0.3, -0.25) is 9.59 Å². The molecule has 1 saturated heterocycles. The first-order valence-corrected chi connectivity index (χ1v) is 9.29. The lowest BCUT2D eigenvalue weighted by molar-refractivity contribution is 0.0303. The number of rotatable bonds is 4. The van der Waals surface area contributed by atoms with E-state index in [0.29, 0.717) is 49.0 Å². The lowest BCUT2D eigenvalue weighted by Gasteiger charge is -2.26. The zero-order valence-corrected chi connectivity index (χ0v) is 15.3. The van der Waals surface area contributed by atoms with Crippen molar-refractivity contribution >= 4 is 28.8 Å². The smallest absolute Gasteiger partial charge is 0.256 e. The molecule has 1 aromatic carbocycles. The Morgan fingerprint density at radius 3 is 2.40 bits per heavy atom. The summed E-state index contributed by atoms with van der Waals surface area (Å²) in [4.78, 5) is 27.7. The molecule has 2 aromatic rings. The molecule has 3 rings (SSSR count). The van der Waals surface area contributed by atoms with Gasteiger partial charge in [0.1, 0.15) is 0 Å². The van der Waals surface area contributed by atoms with Gasteiger partial charge in [0.25, 0.3) is 11.8 Å². The second kappa shape index (κ2) is 7.80. The van der Waals surface area contributed by atoms with E-state index in [0.717, 1.165) is 0 Å². The molecule has 5 nitrogen and oxygen atoms in total. The number of anilines is 1. The Morgan fingerprint density at radius 2 is 1.80 bits per heavy atom. The van der Waals surface area contributed by atoms with E-state index in [1.165, 1.54) is 4.88 Å². The Kier molecular flexibility index (Phi) is 5.50. The highest BCUT2D eigenvalue weighted by Gasteiger charge is 2.18.